The lowest BCUT2D eigenvalue weighted by Gasteiger charge is -2.38. The van der Waals surface area contributed by atoms with Crippen LogP contribution in [0.4, 0.5) is 0 Å². The van der Waals surface area contributed by atoms with Crippen LogP contribution in [0.3, 0.4) is 0 Å². The predicted octanol–water partition coefficient (Wildman–Crippen LogP) is 2.94. The molecule has 0 bridgehead atoms. The molecule has 1 N–H and O–H groups in total. The number of carbonyl (C=O) groups excluding carboxylic acids is 1. The van der Waals surface area contributed by atoms with E-state index in [1.165, 1.54) is 5.56 Å². The van der Waals surface area contributed by atoms with Crippen molar-refractivity contribution in [3.63, 3.8) is 0 Å². The monoisotopic (exact) mass is 355 g/mol. The van der Waals surface area contributed by atoms with Crippen molar-refractivity contribution in [2.75, 3.05) is 33.5 Å². The van der Waals surface area contributed by atoms with E-state index in [2.05, 4.69) is 17.4 Å². The normalized spacial score (nSPS) is 15.9. The number of benzene rings is 2. The number of hydrogen-bond donors (Lipinski definition) is 1. The number of methoxy groups -OCH3 is 1. The quantitative estimate of drug-likeness (QED) is 0.830. The molecule has 5 nitrogen and oxygen atoms in total. The number of rotatable bonds is 7. The summed E-state index contributed by atoms with van der Waals surface area (Å²) in [5.74, 6) is 1.41. The fourth-order valence-electron chi connectivity index (χ4n) is 3.26. The molecule has 138 valence electrons. The van der Waals surface area contributed by atoms with E-state index in [9.17, 15) is 4.79 Å². The van der Waals surface area contributed by atoms with Crippen molar-refractivity contribution in [1.29, 1.82) is 0 Å². The highest BCUT2D eigenvalue weighted by molar-refractivity contribution is 5.77. The molecule has 0 atom stereocenters. The standard InChI is InChI=1S/C21H25NO4/c1-24-18-9-7-17(8-10-18)21(11-13-25-14-12-21)16-22-20(23)15-26-19-5-3-2-4-6-19/h2-10H,11-16H2,1H3,(H,22,23). The molecule has 2 aromatic rings. The Labute approximate surface area is 154 Å². The first-order valence-electron chi connectivity index (χ1n) is 8.89. The number of para-hydroxylation sites is 1. The molecule has 26 heavy (non-hydrogen) atoms. The van der Waals surface area contributed by atoms with E-state index < -0.39 is 0 Å². The molecule has 0 saturated carbocycles. The van der Waals surface area contributed by atoms with Gasteiger partial charge in [0.05, 0.1) is 7.11 Å². The van der Waals surface area contributed by atoms with Crippen LogP contribution < -0.4 is 14.8 Å². The maximum atomic E-state index is 12.2. The fourth-order valence-corrected chi connectivity index (χ4v) is 3.26. The van der Waals surface area contributed by atoms with Gasteiger partial charge in [-0.1, -0.05) is 30.3 Å². The molecule has 1 aliphatic heterocycles. The molecule has 1 amide bonds. The molecular formula is C21H25NO4. The van der Waals surface area contributed by atoms with Gasteiger partial charge >= 0.3 is 0 Å². The third kappa shape index (κ3) is 4.55. The minimum atomic E-state index is -0.118. The number of hydrogen-bond acceptors (Lipinski definition) is 4. The molecule has 0 aliphatic carbocycles. The third-order valence-electron chi connectivity index (χ3n) is 4.89. The molecule has 1 saturated heterocycles. The zero-order chi connectivity index (χ0) is 18.2. The Bertz CT molecular complexity index is 694. The van der Waals surface area contributed by atoms with Gasteiger partial charge < -0.3 is 19.5 Å². The van der Waals surface area contributed by atoms with Gasteiger partial charge in [0.15, 0.2) is 6.61 Å². The van der Waals surface area contributed by atoms with Crippen LogP contribution in [0.25, 0.3) is 0 Å². The molecule has 0 radical (unpaired) electrons. The molecular weight excluding hydrogens is 330 g/mol. The van der Waals surface area contributed by atoms with Crippen molar-refractivity contribution in [2.24, 2.45) is 0 Å². The molecule has 3 rings (SSSR count). The zero-order valence-electron chi connectivity index (χ0n) is 15.1. The van der Waals surface area contributed by atoms with Gasteiger partial charge in [-0.3, -0.25) is 4.79 Å². The first-order valence-corrected chi connectivity index (χ1v) is 8.89. The summed E-state index contributed by atoms with van der Waals surface area (Å²) >= 11 is 0. The van der Waals surface area contributed by atoms with E-state index >= 15 is 0 Å². The van der Waals surface area contributed by atoms with Crippen LogP contribution in [0.2, 0.25) is 0 Å². The summed E-state index contributed by atoms with van der Waals surface area (Å²) in [5, 5.41) is 3.04. The first kappa shape index (κ1) is 18.3. The maximum Gasteiger partial charge on any atom is 0.257 e. The largest absolute Gasteiger partial charge is 0.497 e. The summed E-state index contributed by atoms with van der Waals surface area (Å²) in [6, 6.07) is 17.4. The topological polar surface area (TPSA) is 56.8 Å². The summed E-state index contributed by atoms with van der Waals surface area (Å²) in [6.07, 6.45) is 1.75. The van der Waals surface area contributed by atoms with E-state index in [0.29, 0.717) is 25.5 Å². The Morgan fingerprint density at radius 3 is 2.38 bits per heavy atom. The average Bonchev–Trinajstić information content (AvgIpc) is 2.72. The molecule has 2 aromatic carbocycles. The van der Waals surface area contributed by atoms with Gasteiger partial charge in [0.1, 0.15) is 11.5 Å². The van der Waals surface area contributed by atoms with Crippen LogP contribution in [-0.2, 0) is 14.9 Å². The smallest absolute Gasteiger partial charge is 0.257 e. The summed E-state index contributed by atoms with van der Waals surface area (Å²) < 4.78 is 16.3. The third-order valence-corrected chi connectivity index (χ3v) is 4.89. The Morgan fingerprint density at radius 2 is 1.73 bits per heavy atom. The lowest BCUT2D eigenvalue weighted by molar-refractivity contribution is -0.123. The molecule has 1 aliphatic rings. The van der Waals surface area contributed by atoms with E-state index in [4.69, 9.17) is 14.2 Å². The van der Waals surface area contributed by atoms with E-state index in [0.717, 1.165) is 18.6 Å². The predicted molar refractivity (Wildman–Crippen MR) is 99.7 cm³/mol. The van der Waals surface area contributed by atoms with Crippen LogP contribution in [0.1, 0.15) is 18.4 Å². The zero-order valence-corrected chi connectivity index (χ0v) is 15.1. The minimum Gasteiger partial charge on any atom is -0.497 e. The van der Waals surface area contributed by atoms with E-state index in [1.807, 2.05) is 42.5 Å². The summed E-state index contributed by atoms with van der Waals surface area (Å²) in [4.78, 5) is 12.2. The maximum absolute atomic E-state index is 12.2. The lowest BCUT2D eigenvalue weighted by Crippen LogP contribution is -2.45. The van der Waals surface area contributed by atoms with Crippen LogP contribution in [0.5, 0.6) is 11.5 Å². The number of ether oxygens (including phenoxy) is 3. The Hall–Kier alpha value is -2.53. The van der Waals surface area contributed by atoms with Crippen LogP contribution in [0, 0.1) is 0 Å². The highest BCUT2D eigenvalue weighted by atomic mass is 16.5. The number of amides is 1. The highest BCUT2D eigenvalue weighted by Gasteiger charge is 2.34. The minimum absolute atomic E-state index is 0.0131. The van der Waals surface area contributed by atoms with E-state index in [-0.39, 0.29) is 17.9 Å². The second-order valence-electron chi connectivity index (χ2n) is 6.50. The lowest BCUT2D eigenvalue weighted by atomic mass is 9.74. The number of nitrogens with one attached hydrogen (secondary N) is 1. The molecule has 0 spiro atoms. The summed E-state index contributed by atoms with van der Waals surface area (Å²) in [5.41, 5.74) is 1.08. The second-order valence-corrected chi connectivity index (χ2v) is 6.50. The van der Waals surface area contributed by atoms with Gasteiger partial charge in [-0.15, -0.1) is 0 Å². The van der Waals surface area contributed by atoms with Gasteiger partial charge in [-0.05, 0) is 42.7 Å². The van der Waals surface area contributed by atoms with E-state index in [1.54, 1.807) is 7.11 Å². The van der Waals surface area contributed by atoms with Crippen molar-refractivity contribution < 1.29 is 19.0 Å². The molecule has 1 fully saturated rings. The fraction of sp³-hybridized carbons (Fsp3) is 0.381. The SMILES string of the molecule is COc1ccc(C2(CNC(=O)COc3ccccc3)CCOCC2)cc1. The van der Waals surface area contributed by atoms with Crippen molar-refractivity contribution in [3.8, 4) is 11.5 Å². The molecule has 1 heterocycles. The Balaban J connectivity index is 1.61. The van der Waals surface area contributed by atoms with Crippen LogP contribution in [0.15, 0.2) is 54.6 Å². The molecule has 0 aromatic heterocycles. The second kappa shape index (κ2) is 8.72. The summed E-state index contributed by atoms with van der Waals surface area (Å²) in [7, 11) is 1.66. The Morgan fingerprint density at radius 1 is 1.04 bits per heavy atom. The highest BCUT2D eigenvalue weighted by Crippen LogP contribution is 2.35. The first-order chi connectivity index (χ1) is 12.7. The molecule has 5 heteroatoms. The van der Waals surface area contributed by atoms with Crippen molar-refractivity contribution in [1.82, 2.24) is 5.32 Å². The van der Waals surface area contributed by atoms with Gasteiger partial charge in [0.25, 0.3) is 5.91 Å². The van der Waals surface area contributed by atoms with Crippen molar-refractivity contribution in [3.05, 3.63) is 60.2 Å². The van der Waals surface area contributed by atoms with Gasteiger partial charge in [-0.2, -0.15) is 0 Å². The average molecular weight is 355 g/mol. The molecule has 0 unspecified atom stereocenters. The number of carbonyl (C=O) groups is 1. The van der Waals surface area contributed by atoms with Crippen LogP contribution in [-0.4, -0.2) is 39.4 Å². The summed E-state index contributed by atoms with van der Waals surface area (Å²) in [6.45, 7) is 1.98. The van der Waals surface area contributed by atoms with Crippen LogP contribution >= 0.6 is 0 Å². The van der Waals surface area contributed by atoms with Crippen molar-refractivity contribution in [2.45, 2.75) is 18.3 Å². The Kier molecular flexibility index (Phi) is 6.12. The van der Waals surface area contributed by atoms with Crippen molar-refractivity contribution >= 4 is 5.91 Å². The van der Waals surface area contributed by atoms with Gasteiger partial charge in [-0.25, -0.2) is 0 Å². The van der Waals surface area contributed by atoms with Gasteiger partial charge in [0.2, 0.25) is 0 Å². The van der Waals surface area contributed by atoms with Gasteiger partial charge in [0, 0.05) is 25.2 Å².